The van der Waals surface area contributed by atoms with E-state index in [-0.39, 0.29) is 0 Å². The maximum absolute atomic E-state index is 4.23. The van der Waals surface area contributed by atoms with Gasteiger partial charge in [0.25, 0.3) is 0 Å². The Labute approximate surface area is 108 Å². The Hall–Kier alpha value is -0.480. The molecule has 1 aromatic rings. The number of thioether (sulfide) groups is 1. The van der Waals surface area contributed by atoms with Gasteiger partial charge in [0.2, 0.25) is 0 Å². The van der Waals surface area contributed by atoms with E-state index in [9.17, 15) is 0 Å². The Bertz CT molecular complexity index is 337. The monoisotopic (exact) mass is 253 g/mol. The SMILES string of the molecule is CCCNC1CSCC1CCc1ccnn1C. The van der Waals surface area contributed by atoms with E-state index in [1.54, 1.807) is 0 Å². The molecule has 17 heavy (non-hydrogen) atoms. The fraction of sp³-hybridized carbons (Fsp3) is 0.769. The van der Waals surface area contributed by atoms with Gasteiger partial charge in [-0.3, -0.25) is 4.68 Å². The fourth-order valence-electron chi connectivity index (χ4n) is 2.42. The lowest BCUT2D eigenvalue weighted by Crippen LogP contribution is -2.36. The van der Waals surface area contributed by atoms with Crippen molar-refractivity contribution in [3.05, 3.63) is 18.0 Å². The maximum atomic E-state index is 4.23. The molecule has 1 aromatic heterocycles. The zero-order chi connectivity index (χ0) is 12.1. The van der Waals surface area contributed by atoms with Crippen LogP contribution in [0.1, 0.15) is 25.5 Å². The molecule has 1 aliphatic rings. The van der Waals surface area contributed by atoms with Crippen LogP contribution in [0.15, 0.2) is 12.3 Å². The van der Waals surface area contributed by atoms with E-state index in [2.05, 4.69) is 35.2 Å². The quantitative estimate of drug-likeness (QED) is 0.842. The zero-order valence-electron chi connectivity index (χ0n) is 10.9. The van der Waals surface area contributed by atoms with E-state index < -0.39 is 0 Å². The van der Waals surface area contributed by atoms with Crippen molar-refractivity contribution in [1.82, 2.24) is 15.1 Å². The number of aromatic nitrogens is 2. The van der Waals surface area contributed by atoms with Crippen LogP contribution >= 0.6 is 11.8 Å². The van der Waals surface area contributed by atoms with Crippen LogP contribution in [0.4, 0.5) is 0 Å². The van der Waals surface area contributed by atoms with Gasteiger partial charge in [-0.2, -0.15) is 16.9 Å². The van der Waals surface area contributed by atoms with Gasteiger partial charge in [-0.05, 0) is 43.5 Å². The number of rotatable bonds is 6. The molecule has 0 aliphatic carbocycles. The van der Waals surface area contributed by atoms with Crippen LogP contribution in [0.25, 0.3) is 0 Å². The highest BCUT2D eigenvalue weighted by atomic mass is 32.2. The van der Waals surface area contributed by atoms with Crippen LogP contribution < -0.4 is 5.32 Å². The Kier molecular flexibility index (Phi) is 4.92. The molecule has 0 radical (unpaired) electrons. The summed E-state index contributed by atoms with van der Waals surface area (Å²) in [5.41, 5.74) is 1.36. The summed E-state index contributed by atoms with van der Waals surface area (Å²) < 4.78 is 2.00. The minimum absolute atomic E-state index is 0.730. The first-order valence-electron chi connectivity index (χ1n) is 6.59. The minimum atomic E-state index is 0.730. The summed E-state index contributed by atoms with van der Waals surface area (Å²) in [6, 6.07) is 2.87. The molecule has 4 heteroatoms. The molecule has 2 atom stereocenters. The van der Waals surface area contributed by atoms with Crippen molar-refractivity contribution in [3.63, 3.8) is 0 Å². The predicted octanol–water partition coefficient (Wildman–Crippen LogP) is 2.08. The summed E-state index contributed by atoms with van der Waals surface area (Å²) in [4.78, 5) is 0. The number of hydrogen-bond acceptors (Lipinski definition) is 3. The van der Waals surface area contributed by atoms with Crippen molar-refractivity contribution in [3.8, 4) is 0 Å². The number of nitrogens with zero attached hydrogens (tertiary/aromatic N) is 2. The van der Waals surface area contributed by atoms with Gasteiger partial charge in [0, 0.05) is 30.7 Å². The first-order chi connectivity index (χ1) is 8.31. The van der Waals surface area contributed by atoms with Crippen LogP contribution in [-0.2, 0) is 13.5 Å². The first-order valence-corrected chi connectivity index (χ1v) is 7.74. The van der Waals surface area contributed by atoms with Gasteiger partial charge in [0.1, 0.15) is 0 Å². The van der Waals surface area contributed by atoms with Crippen molar-refractivity contribution in [2.75, 3.05) is 18.1 Å². The lowest BCUT2D eigenvalue weighted by Gasteiger charge is -2.19. The van der Waals surface area contributed by atoms with Crippen molar-refractivity contribution in [1.29, 1.82) is 0 Å². The Morgan fingerprint density at radius 1 is 1.53 bits per heavy atom. The molecule has 1 saturated heterocycles. The molecular formula is C13H23N3S. The second-order valence-electron chi connectivity index (χ2n) is 4.84. The predicted molar refractivity (Wildman–Crippen MR) is 74.4 cm³/mol. The van der Waals surface area contributed by atoms with Crippen LogP contribution in [0.2, 0.25) is 0 Å². The van der Waals surface area contributed by atoms with Crippen LogP contribution in [0, 0.1) is 5.92 Å². The highest BCUT2D eigenvalue weighted by Gasteiger charge is 2.26. The topological polar surface area (TPSA) is 29.9 Å². The molecule has 0 saturated carbocycles. The van der Waals surface area contributed by atoms with Crippen LogP contribution in [0.3, 0.4) is 0 Å². The van der Waals surface area contributed by atoms with Crippen LogP contribution in [-0.4, -0.2) is 33.9 Å². The van der Waals surface area contributed by atoms with Crippen molar-refractivity contribution in [2.24, 2.45) is 13.0 Å². The minimum Gasteiger partial charge on any atom is -0.313 e. The van der Waals surface area contributed by atoms with E-state index in [4.69, 9.17) is 0 Å². The van der Waals surface area contributed by atoms with E-state index in [1.165, 1.54) is 30.0 Å². The Morgan fingerprint density at radius 3 is 3.12 bits per heavy atom. The molecule has 0 spiro atoms. The van der Waals surface area contributed by atoms with Gasteiger partial charge in [-0.25, -0.2) is 0 Å². The van der Waals surface area contributed by atoms with Gasteiger partial charge in [0.05, 0.1) is 0 Å². The first kappa shape index (κ1) is 13.0. The summed E-state index contributed by atoms with van der Waals surface area (Å²) in [6.45, 7) is 3.40. The van der Waals surface area contributed by atoms with Crippen LogP contribution in [0.5, 0.6) is 0 Å². The zero-order valence-corrected chi connectivity index (χ0v) is 11.7. The third kappa shape index (κ3) is 3.49. The smallest absolute Gasteiger partial charge is 0.0492 e. The van der Waals surface area contributed by atoms with Gasteiger partial charge in [0.15, 0.2) is 0 Å². The largest absolute Gasteiger partial charge is 0.313 e. The molecule has 2 unspecified atom stereocenters. The van der Waals surface area contributed by atoms with E-state index >= 15 is 0 Å². The maximum Gasteiger partial charge on any atom is 0.0492 e. The second kappa shape index (κ2) is 6.45. The normalized spacial score (nSPS) is 24.4. The lowest BCUT2D eigenvalue weighted by atomic mass is 9.97. The van der Waals surface area contributed by atoms with Crippen molar-refractivity contribution < 1.29 is 0 Å². The van der Waals surface area contributed by atoms with Gasteiger partial charge in [-0.1, -0.05) is 6.92 Å². The highest BCUT2D eigenvalue weighted by Crippen LogP contribution is 2.28. The summed E-state index contributed by atoms with van der Waals surface area (Å²) in [6.07, 6.45) is 5.57. The number of nitrogens with one attached hydrogen (secondary N) is 1. The Morgan fingerprint density at radius 2 is 2.41 bits per heavy atom. The molecule has 1 aliphatic heterocycles. The number of hydrogen-bond donors (Lipinski definition) is 1. The molecule has 1 fully saturated rings. The molecule has 3 nitrogen and oxygen atoms in total. The second-order valence-corrected chi connectivity index (χ2v) is 5.92. The average Bonchev–Trinajstić information content (AvgIpc) is 2.93. The molecule has 1 N–H and O–H groups in total. The number of aryl methyl sites for hydroxylation is 2. The van der Waals surface area contributed by atoms with Gasteiger partial charge in [-0.15, -0.1) is 0 Å². The van der Waals surface area contributed by atoms with Crippen molar-refractivity contribution >= 4 is 11.8 Å². The average molecular weight is 253 g/mol. The standard InChI is InChI=1S/C13H23N3S/c1-3-7-14-13-10-17-9-11(13)4-5-12-6-8-15-16(12)2/h6,8,11,13-14H,3-5,7,9-10H2,1-2H3. The molecular weight excluding hydrogens is 230 g/mol. The molecule has 0 bridgehead atoms. The molecule has 2 heterocycles. The highest BCUT2D eigenvalue weighted by molar-refractivity contribution is 7.99. The van der Waals surface area contributed by atoms with E-state index in [0.29, 0.717) is 0 Å². The molecule has 0 amide bonds. The van der Waals surface area contributed by atoms with E-state index in [0.717, 1.165) is 24.9 Å². The summed E-state index contributed by atoms with van der Waals surface area (Å²) in [5.74, 6) is 3.44. The third-order valence-corrected chi connectivity index (χ3v) is 4.81. The summed E-state index contributed by atoms with van der Waals surface area (Å²) in [7, 11) is 2.03. The molecule has 2 rings (SSSR count). The molecule has 96 valence electrons. The van der Waals surface area contributed by atoms with E-state index in [1.807, 2.05) is 17.9 Å². The van der Waals surface area contributed by atoms with Gasteiger partial charge < -0.3 is 5.32 Å². The fourth-order valence-corrected chi connectivity index (χ4v) is 3.90. The van der Waals surface area contributed by atoms with Gasteiger partial charge >= 0.3 is 0 Å². The molecule has 0 aromatic carbocycles. The third-order valence-electron chi connectivity index (χ3n) is 3.55. The lowest BCUT2D eigenvalue weighted by molar-refractivity contribution is 0.402. The summed E-state index contributed by atoms with van der Waals surface area (Å²) >= 11 is 2.10. The Balaban J connectivity index is 1.80. The summed E-state index contributed by atoms with van der Waals surface area (Å²) in [5, 5.41) is 7.91. The van der Waals surface area contributed by atoms with Crippen molar-refractivity contribution in [2.45, 2.75) is 32.2 Å².